The Bertz CT molecular complexity index is 1870. The van der Waals surface area contributed by atoms with Crippen molar-refractivity contribution >= 4 is 27.5 Å². The molecule has 2 aromatic carbocycles. The first-order valence-electron chi connectivity index (χ1n) is 14.0. The standard InChI is InChI=1S/C16H17BrN2O3.C16H18N2O3/c1-3-18-12(10-17)13(15(21)19(4-2)16(18)22)14(20)11-8-6-5-7-9-11;1-4-17-11(3)13(15(20)18(5-2)16(17)21)14(19)12-9-7-6-8-10-12/h5-9H,3-4,10H2,1-2H3;6-10H,4-5H2,1-3H3. The Balaban J connectivity index is 0.000000236. The molecule has 0 unspecified atom stereocenters. The summed E-state index contributed by atoms with van der Waals surface area (Å²) in [7, 11) is 0. The van der Waals surface area contributed by atoms with Crippen LogP contribution in [0.2, 0.25) is 0 Å². The molecule has 43 heavy (non-hydrogen) atoms. The van der Waals surface area contributed by atoms with Crippen molar-refractivity contribution in [2.75, 3.05) is 0 Å². The van der Waals surface area contributed by atoms with Gasteiger partial charge < -0.3 is 0 Å². The van der Waals surface area contributed by atoms with E-state index >= 15 is 0 Å². The fourth-order valence-corrected chi connectivity index (χ4v) is 5.48. The highest BCUT2D eigenvalue weighted by Gasteiger charge is 2.24. The Labute approximate surface area is 257 Å². The molecule has 0 saturated carbocycles. The second kappa shape index (κ2) is 14.7. The molecule has 0 N–H and O–H groups in total. The summed E-state index contributed by atoms with van der Waals surface area (Å²) in [4.78, 5) is 74.9. The molecule has 0 aliphatic rings. The average molecular weight is 652 g/mol. The highest BCUT2D eigenvalue weighted by Crippen LogP contribution is 2.14. The number of rotatable bonds is 9. The third kappa shape index (κ3) is 6.51. The first kappa shape index (κ1) is 33.1. The molecule has 0 atom stereocenters. The molecule has 0 spiro atoms. The Morgan fingerprint density at radius 2 is 0.953 bits per heavy atom. The average Bonchev–Trinajstić information content (AvgIpc) is 3.02. The maximum Gasteiger partial charge on any atom is 0.331 e. The molecule has 0 aliphatic heterocycles. The van der Waals surface area contributed by atoms with Gasteiger partial charge in [-0.1, -0.05) is 76.6 Å². The third-order valence-corrected chi connectivity index (χ3v) is 7.67. The maximum absolute atomic E-state index is 12.7. The van der Waals surface area contributed by atoms with Crippen molar-refractivity contribution in [3.8, 4) is 0 Å². The van der Waals surface area contributed by atoms with Crippen LogP contribution >= 0.6 is 15.9 Å². The van der Waals surface area contributed by atoms with E-state index in [4.69, 9.17) is 0 Å². The number of hydrogen-bond donors (Lipinski definition) is 0. The fourth-order valence-electron chi connectivity index (χ4n) is 4.89. The van der Waals surface area contributed by atoms with Crippen LogP contribution in [0.25, 0.3) is 0 Å². The van der Waals surface area contributed by atoms with Crippen LogP contribution in [-0.2, 0) is 31.5 Å². The molecule has 2 aromatic heterocycles. The minimum Gasteiger partial charge on any atom is -0.297 e. The third-order valence-electron chi connectivity index (χ3n) is 7.14. The van der Waals surface area contributed by atoms with Crippen LogP contribution in [-0.4, -0.2) is 29.8 Å². The van der Waals surface area contributed by atoms with Crippen molar-refractivity contribution in [3.05, 3.63) is 136 Å². The van der Waals surface area contributed by atoms with E-state index in [-0.39, 0.29) is 52.5 Å². The zero-order valence-corrected chi connectivity index (χ0v) is 26.5. The predicted molar refractivity (Wildman–Crippen MR) is 170 cm³/mol. The van der Waals surface area contributed by atoms with Gasteiger partial charge in [0.25, 0.3) is 11.1 Å². The molecule has 11 heteroatoms. The van der Waals surface area contributed by atoms with E-state index in [1.54, 1.807) is 81.4 Å². The number of alkyl halides is 1. The fraction of sp³-hybridized carbons (Fsp3) is 0.312. The minimum atomic E-state index is -0.527. The van der Waals surface area contributed by atoms with Gasteiger partial charge in [-0.3, -0.25) is 37.4 Å². The van der Waals surface area contributed by atoms with Crippen molar-refractivity contribution in [1.82, 2.24) is 18.3 Å². The molecule has 0 aliphatic carbocycles. The van der Waals surface area contributed by atoms with Gasteiger partial charge in [0, 0.05) is 54.0 Å². The number of carbonyl (C=O) groups is 2. The summed E-state index contributed by atoms with van der Waals surface area (Å²) < 4.78 is 5.13. The first-order chi connectivity index (χ1) is 20.6. The summed E-state index contributed by atoms with van der Waals surface area (Å²) in [6, 6.07) is 17.3. The SMILES string of the molecule is CCn1c(C)c(C(=O)c2ccccc2)c(=O)n(CC)c1=O.CCn1c(CBr)c(C(=O)c2ccccc2)c(=O)n(CC)c1=O. The van der Waals surface area contributed by atoms with Crippen LogP contribution < -0.4 is 22.5 Å². The zero-order valence-electron chi connectivity index (χ0n) is 24.9. The lowest BCUT2D eigenvalue weighted by Gasteiger charge is -2.15. The monoisotopic (exact) mass is 650 g/mol. The number of halogens is 1. The Morgan fingerprint density at radius 3 is 1.35 bits per heavy atom. The largest absolute Gasteiger partial charge is 0.331 e. The van der Waals surface area contributed by atoms with Gasteiger partial charge in [0.05, 0.1) is 0 Å². The van der Waals surface area contributed by atoms with E-state index in [0.717, 1.165) is 9.13 Å². The maximum atomic E-state index is 12.7. The highest BCUT2D eigenvalue weighted by molar-refractivity contribution is 9.08. The Morgan fingerprint density at radius 1 is 0.581 bits per heavy atom. The molecule has 226 valence electrons. The van der Waals surface area contributed by atoms with E-state index in [2.05, 4.69) is 15.9 Å². The van der Waals surface area contributed by atoms with Crippen LogP contribution in [0.1, 0.15) is 70.9 Å². The molecule has 0 radical (unpaired) electrons. The van der Waals surface area contributed by atoms with Crippen LogP contribution in [0.4, 0.5) is 0 Å². The van der Waals surface area contributed by atoms with Crippen LogP contribution in [0.3, 0.4) is 0 Å². The van der Waals surface area contributed by atoms with E-state index in [1.165, 1.54) is 9.13 Å². The normalized spacial score (nSPS) is 10.7. The van der Waals surface area contributed by atoms with Gasteiger partial charge in [0.1, 0.15) is 11.1 Å². The van der Waals surface area contributed by atoms with Crippen molar-refractivity contribution in [3.63, 3.8) is 0 Å². The molecule has 0 fully saturated rings. The van der Waals surface area contributed by atoms with E-state index < -0.39 is 11.1 Å². The Hall–Kier alpha value is -4.38. The highest BCUT2D eigenvalue weighted by atomic mass is 79.9. The Kier molecular flexibility index (Phi) is 11.3. The molecule has 4 aromatic rings. The van der Waals surface area contributed by atoms with Crippen molar-refractivity contribution in [2.45, 2.75) is 66.1 Å². The van der Waals surface area contributed by atoms with Gasteiger partial charge in [-0.05, 0) is 34.6 Å². The zero-order chi connectivity index (χ0) is 31.8. The van der Waals surface area contributed by atoms with Gasteiger partial charge in [0.15, 0.2) is 11.6 Å². The topological polar surface area (TPSA) is 122 Å². The van der Waals surface area contributed by atoms with Gasteiger partial charge >= 0.3 is 11.4 Å². The van der Waals surface area contributed by atoms with Gasteiger partial charge in [-0.15, -0.1) is 0 Å². The smallest absolute Gasteiger partial charge is 0.297 e. The molecular formula is C32H35BrN4O6. The molecule has 0 amide bonds. The van der Waals surface area contributed by atoms with E-state index in [1.807, 2.05) is 13.8 Å². The summed E-state index contributed by atoms with van der Waals surface area (Å²) in [5, 5.41) is 0.268. The van der Waals surface area contributed by atoms with Crippen molar-refractivity contribution in [1.29, 1.82) is 0 Å². The quantitative estimate of drug-likeness (QED) is 0.201. The number of nitrogens with zero attached hydrogens (tertiary/aromatic N) is 4. The van der Waals surface area contributed by atoms with Gasteiger partial charge in [0.2, 0.25) is 0 Å². The summed E-state index contributed by atoms with van der Waals surface area (Å²) in [6.07, 6.45) is 0. The van der Waals surface area contributed by atoms with Gasteiger partial charge in [-0.25, -0.2) is 9.59 Å². The molecule has 0 saturated heterocycles. The summed E-state index contributed by atoms with van der Waals surface area (Å²) in [5.74, 6) is -0.702. The lowest BCUT2D eigenvalue weighted by atomic mass is 10.0. The minimum absolute atomic E-state index is 0.0615. The second-order valence-corrected chi connectivity index (χ2v) is 10.0. The molecule has 2 heterocycles. The van der Waals surface area contributed by atoms with E-state index in [9.17, 15) is 28.8 Å². The second-order valence-electron chi connectivity index (χ2n) is 9.46. The lowest BCUT2D eigenvalue weighted by Crippen LogP contribution is -2.44. The number of aromatic nitrogens is 4. The van der Waals surface area contributed by atoms with Crippen LogP contribution in [0, 0.1) is 6.92 Å². The predicted octanol–water partition coefficient (Wildman–Crippen LogP) is 3.76. The number of ketones is 2. The molecular weight excluding hydrogens is 616 g/mol. The first-order valence-corrected chi connectivity index (χ1v) is 15.2. The summed E-state index contributed by atoms with van der Waals surface area (Å²) in [6.45, 7) is 9.99. The number of hydrogen-bond acceptors (Lipinski definition) is 6. The van der Waals surface area contributed by atoms with Crippen molar-refractivity contribution < 1.29 is 9.59 Å². The molecule has 0 bridgehead atoms. The van der Waals surface area contributed by atoms with Crippen LogP contribution in [0.15, 0.2) is 79.8 Å². The van der Waals surface area contributed by atoms with Crippen molar-refractivity contribution in [2.24, 2.45) is 0 Å². The van der Waals surface area contributed by atoms with E-state index in [0.29, 0.717) is 35.6 Å². The summed E-state index contributed by atoms with van der Waals surface area (Å²) >= 11 is 3.30. The number of benzene rings is 2. The summed E-state index contributed by atoms with van der Waals surface area (Å²) in [5.41, 5.74) is 0.0746. The lowest BCUT2D eigenvalue weighted by molar-refractivity contribution is 0.102. The molecule has 10 nitrogen and oxygen atoms in total. The van der Waals surface area contributed by atoms with Gasteiger partial charge in [-0.2, -0.15) is 0 Å². The molecule has 4 rings (SSSR count). The number of carbonyl (C=O) groups excluding carboxylic acids is 2. The van der Waals surface area contributed by atoms with Crippen LogP contribution in [0.5, 0.6) is 0 Å².